The molecule has 29 heavy (non-hydrogen) atoms. The SMILES string of the molecule is CC(C)Sc1nc(-c2cc3c(c(SC(C)C)n2)CCCC3)cc2c1CCCCC2. The van der Waals surface area contributed by atoms with Crippen LogP contribution in [0.15, 0.2) is 22.2 Å². The highest BCUT2D eigenvalue weighted by molar-refractivity contribution is 8.00. The lowest BCUT2D eigenvalue weighted by Gasteiger charge is -2.21. The number of aryl methyl sites for hydroxylation is 2. The maximum absolute atomic E-state index is 5.20. The van der Waals surface area contributed by atoms with E-state index in [1.54, 1.807) is 0 Å². The highest BCUT2D eigenvalue weighted by Gasteiger charge is 2.21. The van der Waals surface area contributed by atoms with Crippen molar-refractivity contribution in [1.82, 2.24) is 9.97 Å². The minimum absolute atomic E-state index is 0.550. The predicted molar refractivity (Wildman–Crippen MR) is 127 cm³/mol. The third-order valence-electron chi connectivity index (χ3n) is 5.81. The van der Waals surface area contributed by atoms with Gasteiger partial charge in [0.1, 0.15) is 10.1 Å². The van der Waals surface area contributed by atoms with Crippen LogP contribution in [0.3, 0.4) is 0 Å². The average Bonchev–Trinajstić information content (AvgIpc) is 2.92. The molecule has 0 spiro atoms. The van der Waals surface area contributed by atoms with Gasteiger partial charge in [-0.25, -0.2) is 9.97 Å². The lowest BCUT2D eigenvalue weighted by molar-refractivity contribution is 0.667. The van der Waals surface area contributed by atoms with Gasteiger partial charge >= 0.3 is 0 Å². The van der Waals surface area contributed by atoms with Crippen LogP contribution in [-0.2, 0) is 25.7 Å². The Labute approximate surface area is 185 Å². The molecule has 0 N–H and O–H groups in total. The van der Waals surface area contributed by atoms with Gasteiger partial charge in [-0.05, 0) is 85.8 Å². The molecule has 2 nitrogen and oxygen atoms in total. The van der Waals surface area contributed by atoms with E-state index in [1.165, 1.54) is 90.1 Å². The number of fused-ring (bicyclic) bond motifs is 2. The first-order valence-electron chi connectivity index (χ1n) is 11.4. The lowest BCUT2D eigenvalue weighted by atomic mass is 9.92. The fraction of sp³-hybridized carbons (Fsp3) is 0.600. The number of aromatic nitrogens is 2. The molecule has 0 saturated heterocycles. The van der Waals surface area contributed by atoms with Crippen LogP contribution >= 0.6 is 23.5 Å². The molecule has 2 aromatic rings. The molecule has 0 unspecified atom stereocenters. The first kappa shape index (κ1) is 21.2. The molecule has 156 valence electrons. The van der Waals surface area contributed by atoms with E-state index in [0.29, 0.717) is 10.5 Å². The topological polar surface area (TPSA) is 25.8 Å². The maximum Gasteiger partial charge on any atom is 0.100 e. The van der Waals surface area contributed by atoms with Gasteiger partial charge in [-0.3, -0.25) is 0 Å². The summed E-state index contributed by atoms with van der Waals surface area (Å²) in [5, 5.41) is 3.61. The Morgan fingerprint density at radius 2 is 1.03 bits per heavy atom. The zero-order chi connectivity index (χ0) is 20.4. The Balaban J connectivity index is 1.82. The smallest absolute Gasteiger partial charge is 0.100 e. The molecule has 2 heterocycles. The minimum atomic E-state index is 0.550. The van der Waals surface area contributed by atoms with Crippen LogP contribution in [-0.4, -0.2) is 20.5 Å². The predicted octanol–water partition coefficient (Wildman–Crippen LogP) is 7.29. The molecule has 0 bridgehead atoms. The standard InChI is InChI=1S/C25H34N2S2/c1-16(2)28-24-20-12-7-5-6-10-18(20)14-22(26-24)23-15-19-11-8-9-13-21(19)25(27-23)29-17(3)4/h14-17H,5-13H2,1-4H3. The Morgan fingerprint density at radius 1 is 0.621 bits per heavy atom. The molecule has 4 heteroatoms. The van der Waals surface area contributed by atoms with Gasteiger partial charge in [-0.2, -0.15) is 0 Å². The molecule has 2 aromatic heterocycles. The van der Waals surface area contributed by atoms with Crippen molar-refractivity contribution in [2.75, 3.05) is 0 Å². The van der Waals surface area contributed by atoms with Crippen molar-refractivity contribution in [3.05, 3.63) is 34.4 Å². The second-order valence-electron chi connectivity index (χ2n) is 9.00. The van der Waals surface area contributed by atoms with E-state index in [-0.39, 0.29) is 0 Å². The second-order valence-corrected chi connectivity index (χ2v) is 12.1. The Hall–Kier alpha value is -1.00. The van der Waals surface area contributed by atoms with Crippen molar-refractivity contribution in [3.63, 3.8) is 0 Å². The van der Waals surface area contributed by atoms with Gasteiger partial charge in [-0.15, -0.1) is 23.5 Å². The van der Waals surface area contributed by atoms with Crippen LogP contribution in [0.5, 0.6) is 0 Å². The summed E-state index contributed by atoms with van der Waals surface area (Å²) in [6, 6.07) is 4.72. The minimum Gasteiger partial charge on any atom is -0.240 e. The summed E-state index contributed by atoms with van der Waals surface area (Å²) < 4.78 is 0. The molecular formula is C25H34N2S2. The number of rotatable bonds is 5. The normalized spacial score (nSPS) is 16.6. The number of hydrogen-bond donors (Lipinski definition) is 0. The van der Waals surface area contributed by atoms with Crippen LogP contribution in [0.2, 0.25) is 0 Å². The highest BCUT2D eigenvalue weighted by atomic mass is 32.2. The van der Waals surface area contributed by atoms with Gasteiger partial charge in [0.25, 0.3) is 0 Å². The third-order valence-corrected chi connectivity index (χ3v) is 7.88. The molecule has 0 fully saturated rings. The summed E-state index contributed by atoms with van der Waals surface area (Å²) in [7, 11) is 0. The van der Waals surface area contributed by atoms with Crippen LogP contribution in [0, 0.1) is 0 Å². The van der Waals surface area contributed by atoms with Crippen molar-refractivity contribution >= 4 is 23.5 Å². The van der Waals surface area contributed by atoms with E-state index < -0.39 is 0 Å². The quantitative estimate of drug-likeness (QED) is 0.370. The number of hydrogen-bond acceptors (Lipinski definition) is 4. The number of nitrogens with zero attached hydrogens (tertiary/aromatic N) is 2. The van der Waals surface area contributed by atoms with Crippen molar-refractivity contribution in [1.29, 1.82) is 0 Å². The van der Waals surface area contributed by atoms with E-state index in [9.17, 15) is 0 Å². The average molecular weight is 427 g/mol. The van der Waals surface area contributed by atoms with Crippen LogP contribution in [0.25, 0.3) is 11.4 Å². The number of thioether (sulfide) groups is 2. The van der Waals surface area contributed by atoms with Gasteiger partial charge in [0.15, 0.2) is 0 Å². The lowest BCUT2D eigenvalue weighted by Crippen LogP contribution is -2.09. The second kappa shape index (κ2) is 9.43. The summed E-state index contributed by atoms with van der Waals surface area (Å²) in [5.74, 6) is 0. The Morgan fingerprint density at radius 3 is 1.52 bits per heavy atom. The van der Waals surface area contributed by atoms with Crippen molar-refractivity contribution in [2.24, 2.45) is 0 Å². The van der Waals surface area contributed by atoms with E-state index in [2.05, 4.69) is 39.8 Å². The van der Waals surface area contributed by atoms with E-state index >= 15 is 0 Å². The molecular weight excluding hydrogens is 392 g/mol. The van der Waals surface area contributed by atoms with Gasteiger partial charge in [-0.1, -0.05) is 34.1 Å². The van der Waals surface area contributed by atoms with E-state index in [1.807, 2.05) is 23.5 Å². The third kappa shape index (κ3) is 5.02. The van der Waals surface area contributed by atoms with Gasteiger partial charge in [0, 0.05) is 10.5 Å². The molecule has 2 aliphatic rings. The summed E-state index contributed by atoms with van der Waals surface area (Å²) >= 11 is 3.86. The molecule has 4 rings (SSSR count). The summed E-state index contributed by atoms with van der Waals surface area (Å²) in [6.45, 7) is 9.09. The highest BCUT2D eigenvalue weighted by Crippen LogP contribution is 2.37. The zero-order valence-electron chi connectivity index (χ0n) is 18.4. The van der Waals surface area contributed by atoms with E-state index in [0.717, 1.165) is 11.4 Å². The molecule has 2 aliphatic carbocycles. The first-order chi connectivity index (χ1) is 14.0. The van der Waals surface area contributed by atoms with Gasteiger partial charge < -0.3 is 0 Å². The fourth-order valence-corrected chi connectivity index (χ4v) is 6.44. The summed E-state index contributed by atoms with van der Waals surface area (Å²) in [4.78, 5) is 10.4. The van der Waals surface area contributed by atoms with Gasteiger partial charge in [0.05, 0.1) is 11.4 Å². The maximum atomic E-state index is 5.20. The molecule has 0 atom stereocenters. The molecule has 0 saturated carbocycles. The molecule has 0 radical (unpaired) electrons. The van der Waals surface area contributed by atoms with Gasteiger partial charge in [0.2, 0.25) is 0 Å². The molecule has 0 aliphatic heterocycles. The Kier molecular flexibility index (Phi) is 6.91. The largest absolute Gasteiger partial charge is 0.240 e. The Bertz CT molecular complexity index is 874. The van der Waals surface area contributed by atoms with Crippen molar-refractivity contribution < 1.29 is 0 Å². The monoisotopic (exact) mass is 426 g/mol. The van der Waals surface area contributed by atoms with Crippen molar-refractivity contribution in [3.8, 4) is 11.4 Å². The van der Waals surface area contributed by atoms with E-state index in [4.69, 9.17) is 9.97 Å². The molecule has 0 amide bonds. The molecule has 0 aromatic carbocycles. The van der Waals surface area contributed by atoms with Crippen molar-refractivity contribution in [2.45, 2.75) is 106 Å². The van der Waals surface area contributed by atoms with Crippen LogP contribution < -0.4 is 0 Å². The number of pyridine rings is 2. The first-order valence-corrected chi connectivity index (χ1v) is 13.2. The summed E-state index contributed by atoms with van der Waals surface area (Å²) in [6.07, 6.45) is 11.3. The van der Waals surface area contributed by atoms with Crippen LogP contribution in [0.4, 0.5) is 0 Å². The summed E-state index contributed by atoms with van der Waals surface area (Å²) in [5.41, 5.74) is 8.23. The zero-order valence-corrected chi connectivity index (χ0v) is 20.0. The fourth-order valence-electron chi connectivity index (χ4n) is 4.49. The van der Waals surface area contributed by atoms with Crippen LogP contribution in [0.1, 0.15) is 82.1 Å².